The number of rotatable bonds is 8. The highest BCUT2D eigenvalue weighted by atomic mass is 32.2. The molecule has 0 saturated heterocycles. The summed E-state index contributed by atoms with van der Waals surface area (Å²) in [7, 11) is -3.36. The van der Waals surface area contributed by atoms with Crippen molar-refractivity contribution in [2.75, 3.05) is 35.1 Å². The highest BCUT2D eigenvalue weighted by molar-refractivity contribution is 7.92. The Morgan fingerprint density at radius 3 is 2.21 bits per heavy atom. The van der Waals surface area contributed by atoms with Gasteiger partial charge in [-0.2, -0.15) is 0 Å². The molecule has 19 heavy (non-hydrogen) atoms. The topological polar surface area (TPSA) is 69.6 Å². The van der Waals surface area contributed by atoms with Crippen molar-refractivity contribution in [3.05, 3.63) is 24.3 Å². The number of hydrogen-bond acceptors (Lipinski definition) is 4. The van der Waals surface area contributed by atoms with Gasteiger partial charge in [-0.05, 0) is 44.5 Å². The summed E-state index contributed by atoms with van der Waals surface area (Å²) in [5.74, 6) is -0.0682. The largest absolute Gasteiger partial charge is 0.396 e. The van der Waals surface area contributed by atoms with Gasteiger partial charge in [-0.15, -0.1) is 0 Å². The molecule has 0 radical (unpaired) electrons. The van der Waals surface area contributed by atoms with Crippen molar-refractivity contribution >= 4 is 21.4 Å². The summed E-state index contributed by atoms with van der Waals surface area (Å²) in [6, 6.07) is 7.31. The van der Waals surface area contributed by atoms with E-state index in [1.54, 1.807) is 12.1 Å². The number of aliphatic hydroxyl groups is 1. The molecule has 0 fully saturated rings. The summed E-state index contributed by atoms with van der Waals surface area (Å²) in [5, 5.41) is 8.65. The highest BCUT2D eigenvalue weighted by Crippen LogP contribution is 2.18. The first-order chi connectivity index (χ1) is 9.02. The zero-order chi connectivity index (χ0) is 14.3. The smallest absolute Gasteiger partial charge is 0.232 e. The van der Waals surface area contributed by atoms with Crippen LogP contribution in [0.2, 0.25) is 0 Å². The molecule has 0 amide bonds. The Labute approximate surface area is 115 Å². The normalized spacial score (nSPS) is 11.3. The number of anilines is 2. The van der Waals surface area contributed by atoms with Gasteiger partial charge in [0.15, 0.2) is 0 Å². The molecule has 0 spiro atoms. The van der Waals surface area contributed by atoms with Crippen LogP contribution in [-0.4, -0.2) is 39.0 Å². The van der Waals surface area contributed by atoms with Crippen LogP contribution in [0.3, 0.4) is 0 Å². The quantitative estimate of drug-likeness (QED) is 0.762. The third kappa shape index (κ3) is 5.08. The van der Waals surface area contributed by atoms with E-state index in [2.05, 4.69) is 23.5 Å². The van der Waals surface area contributed by atoms with Crippen molar-refractivity contribution < 1.29 is 13.5 Å². The minimum atomic E-state index is -3.36. The molecule has 0 aliphatic carbocycles. The number of nitrogens with zero attached hydrogens (tertiary/aromatic N) is 1. The first-order valence-electron chi connectivity index (χ1n) is 6.48. The van der Waals surface area contributed by atoms with Crippen LogP contribution in [0.25, 0.3) is 0 Å². The molecule has 0 aromatic heterocycles. The van der Waals surface area contributed by atoms with E-state index < -0.39 is 10.0 Å². The van der Waals surface area contributed by atoms with Crippen molar-refractivity contribution in [1.82, 2.24) is 0 Å². The number of aliphatic hydroxyl groups excluding tert-OH is 1. The SMILES string of the molecule is CCN(CC)c1ccc(NS(=O)(=O)CCCO)cc1. The van der Waals surface area contributed by atoms with Crippen molar-refractivity contribution in [3.63, 3.8) is 0 Å². The lowest BCUT2D eigenvalue weighted by Gasteiger charge is -2.21. The van der Waals surface area contributed by atoms with Crippen LogP contribution in [0.5, 0.6) is 0 Å². The van der Waals surface area contributed by atoms with Crippen molar-refractivity contribution in [1.29, 1.82) is 0 Å². The molecule has 0 saturated carbocycles. The third-order valence-electron chi connectivity index (χ3n) is 2.84. The van der Waals surface area contributed by atoms with Crippen molar-refractivity contribution in [2.45, 2.75) is 20.3 Å². The van der Waals surface area contributed by atoms with Crippen LogP contribution in [0, 0.1) is 0 Å². The molecular formula is C13H22N2O3S. The molecule has 2 N–H and O–H groups in total. The maximum absolute atomic E-state index is 11.7. The van der Waals surface area contributed by atoms with Gasteiger partial charge in [0.05, 0.1) is 5.75 Å². The lowest BCUT2D eigenvalue weighted by Crippen LogP contribution is -2.21. The molecule has 6 heteroatoms. The molecule has 0 unspecified atom stereocenters. The molecule has 0 aliphatic heterocycles. The Hall–Kier alpha value is -1.27. The van der Waals surface area contributed by atoms with Crippen LogP contribution in [0.1, 0.15) is 20.3 Å². The minimum absolute atomic E-state index is 0.0682. The zero-order valence-corrected chi connectivity index (χ0v) is 12.3. The number of hydrogen-bond donors (Lipinski definition) is 2. The lowest BCUT2D eigenvalue weighted by atomic mass is 10.2. The van der Waals surface area contributed by atoms with E-state index in [0.29, 0.717) is 5.69 Å². The Morgan fingerprint density at radius 1 is 1.16 bits per heavy atom. The van der Waals surface area contributed by atoms with E-state index >= 15 is 0 Å². The molecule has 5 nitrogen and oxygen atoms in total. The fraction of sp³-hybridized carbons (Fsp3) is 0.538. The standard InChI is InChI=1S/C13H22N2O3S/c1-3-15(4-2)13-8-6-12(7-9-13)14-19(17,18)11-5-10-16/h6-9,14,16H,3-5,10-11H2,1-2H3. The predicted octanol–water partition coefficient (Wildman–Crippen LogP) is 1.66. The number of sulfonamides is 1. The maximum atomic E-state index is 11.7. The first-order valence-corrected chi connectivity index (χ1v) is 8.14. The van der Waals surface area contributed by atoms with Crippen LogP contribution in [0.15, 0.2) is 24.3 Å². The Balaban J connectivity index is 2.71. The van der Waals surface area contributed by atoms with Crippen molar-refractivity contribution in [3.8, 4) is 0 Å². The van der Waals surface area contributed by atoms with E-state index in [1.807, 2.05) is 12.1 Å². The molecular weight excluding hydrogens is 264 g/mol. The minimum Gasteiger partial charge on any atom is -0.396 e. The molecule has 1 aromatic carbocycles. The Kier molecular flexibility index (Phi) is 6.11. The van der Waals surface area contributed by atoms with Gasteiger partial charge < -0.3 is 10.0 Å². The molecule has 0 heterocycles. The van der Waals surface area contributed by atoms with Crippen molar-refractivity contribution in [2.24, 2.45) is 0 Å². The van der Waals surface area contributed by atoms with Gasteiger partial charge in [-0.3, -0.25) is 4.72 Å². The second-order valence-corrected chi connectivity index (χ2v) is 6.06. The fourth-order valence-corrected chi connectivity index (χ4v) is 2.92. The second-order valence-electron chi connectivity index (χ2n) is 4.22. The van der Waals surface area contributed by atoms with Gasteiger partial charge in [0.2, 0.25) is 10.0 Å². The second kappa shape index (κ2) is 7.35. The van der Waals surface area contributed by atoms with E-state index in [4.69, 9.17) is 5.11 Å². The highest BCUT2D eigenvalue weighted by Gasteiger charge is 2.10. The maximum Gasteiger partial charge on any atom is 0.232 e. The first kappa shape index (κ1) is 15.8. The molecule has 108 valence electrons. The lowest BCUT2D eigenvalue weighted by molar-refractivity contribution is 0.295. The molecule has 0 bridgehead atoms. The van der Waals surface area contributed by atoms with Crippen LogP contribution in [0.4, 0.5) is 11.4 Å². The molecule has 0 aliphatic rings. The molecule has 1 rings (SSSR count). The average molecular weight is 286 g/mol. The van der Waals surface area contributed by atoms with Gasteiger partial charge in [0.1, 0.15) is 0 Å². The van der Waals surface area contributed by atoms with E-state index in [0.717, 1.165) is 18.8 Å². The van der Waals surface area contributed by atoms with E-state index in [-0.39, 0.29) is 18.8 Å². The van der Waals surface area contributed by atoms with Gasteiger partial charge in [0, 0.05) is 31.1 Å². The average Bonchev–Trinajstić information content (AvgIpc) is 2.39. The summed E-state index contributed by atoms with van der Waals surface area (Å²) in [4.78, 5) is 2.18. The number of nitrogens with one attached hydrogen (secondary N) is 1. The third-order valence-corrected chi connectivity index (χ3v) is 4.21. The summed E-state index contributed by atoms with van der Waals surface area (Å²) in [6.07, 6.45) is 0.243. The van der Waals surface area contributed by atoms with Gasteiger partial charge >= 0.3 is 0 Å². The van der Waals surface area contributed by atoms with Crippen LogP contribution < -0.4 is 9.62 Å². The number of benzene rings is 1. The Bertz CT molecular complexity index is 467. The molecule has 0 atom stereocenters. The molecule has 1 aromatic rings. The summed E-state index contributed by atoms with van der Waals surface area (Å²) >= 11 is 0. The van der Waals surface area contributed by atoms with Gasteiger partial charge in [-0.25, -0.2) is 8.42 Å². The summed E-state index contributed by atoms with van der Waals surface area (Å²) < 4.78 is 25.8. The zero-order valence-electron chi connectivity index (χ0n) is 11.5. The monoisotopic (exact) mass is 286 g/mol. The summed E-state index contributed by atoms with van der Waals surface area (Å²) in [6.45, 7) is 5.86. The Morgan fingerprint density at radius 2 is 1.74 bits per heavy atom. The van der Waals surface area contributed by atoms with Gasteiger partial charge in [0.25, 0.3) is 0 Å². The van der Waals surface area contributed by atoms with E-state index in [9.17, 15) is 8.42 Å². The van der Waals surface area contributed by atoms with E-state index in [1.165, 1.54) is 0 Å². The van der Waals surface area contributed by atoms with Crippen LogP contribution in [-0.2, 0) is 10.0 Å². The summed E-state index contributed by atoms with van der Waals surface area (Å²) in [5.41, 5.74) is 1.62. The fourth-order valence-electron chi connectivity index (χ4n) is 1.81. The predicted molar refractivity (Wildman–Crippen MR) is 79.1 cm³/mol. The van der Waals surface area contributed by atoms with Gasteiger partial charge in [-0.1, -0.05) is 0 Å². The van der Waals surface area contributed by atoms with Crippen LogP contribution >= 0.6 is 0 Å².